The van der Waals surface area contributed by atoms with E-state index in [1.165, 1.54) is 19.9 Å². The summed E-state index contributed by atoms with van der Waals surface area (Å²) in [4.78, 5) is 22.3. The van der Waals surface area contributed by atoms with Gasteiger partial charge in [0.05, 0.1) is 0 Å². The lowest BCUT2D eigenvalue weighted by molar-refractivity contribution is -0.132. The molecule has 2 aromatic rings. The SMILES string of the molecule is CC(=O)Oc1cc(OC(C)=O)c2cc(CCN)ccc2c1. The average molecular weight is 287 g/mol. The molecule has 21 heavy (non-hydrogen) atoms. The Hall–Kier alpha value is -2.40. The standard InChI is InChI=1S/C16H17NO4/c1-10(18)20-14-8-13-4-3-12(5-6-17)7-15(13)16(9-14)21-11(2)19/h3-4,7-9H,5-6,17H2,1-2H3. The van der Waals surface area contributed by atoms with Gasteiger partial charge in [-0.2, -0.15) is 0 Å². The van der Waals surface area contributed by atoms with Crippen LogP contribution in [0.5, 0.6) is 11.5 Å². The summed E-state index contributed by atoms with van der Waals surface area (Å²) in [5.74, 6) is -0.142. The lowest BCUT2D eigenvalue weighted by atomic mass is 10.0. The Bertz CT molecular complexity index is 694. The number of benzene rings is 2. The smallest absolute Gasteiger partial charge is 0.308 e. The van der Waals surface area contributed by atoms with Gasteiger partial charge in [-0.25, -0.2) is 0 Å². The third kappa shape index (κ3) is 3.79. The molecular formula is C16H17NO4. The van der Waals surface area contributed by atoms with E-state index in [-0.39, 0.29) is 0 Å². The van der Waals surface area contributed by atoms with Gasteiger partial charge in [-0.15, -0.1) is 0 Å². The van der Waals surface area contributed by atoms with Crippen LogP contribution in [0.25, 0.3) is 10.8 Å². The number of hydrogen-bond donors (Lipinski definition) is 1. The van der Waals surface area contributed by atoms with Gasteiger partial charge in [-0.3, -0.25) is 9.59 Å². The highest BCUT2D eigenvalue weighted by molar-refractivity contribution is 5.92. The Kier molecular flexibility index (Phi) is 4.55. The molecule has 0 fully saturated rings. The second kappa shape index (κ2) is 6.37. The molecule has 0 saturated carbocycles. The molecular weight excluding hydrogens is 270 g/mol. The van der Waals surface area contributed by atoms with Crippen LogP contribution in [0.1, 0.15) is 19.4 Å². The monoisotopic (exact) mass is 287 g/mol. The van der Waals surface area contributed by atoms with Crippen molar-refractivity contribution < 1.29 is 19.1 Å². The molecule has 2 aromatic carbocycles. The molecule has 0 spiro atoms. The molecule has 0 aliphatic heterocycles. The predicted octanol–water partition coefficient (Wildman–Crippen LogP) is 2.19. The Labute approximate surface area is 122 Å². The van der Waals surface area contributed by atoms with Crippen LogP contribution in [0.4, 0.5) is 0 Å². The van der Waals surface area contributed by atoms with Crippen molar-refractivity contribution in [2.45, 2.75) is 20.3 Å². The highest BCUT2D eigenvalue weighted by Crippen LogP contribution is 2.32. The fraction of sp³-hybridized carbons (Fsp3) is 0.250. The molecule has 0 aliphatic rings. The number of esters is 2. The highest BCUT2D eigenvalue weighted by Gasteiger charge is 2.10. The molecule has 0 unspecified atom stereocenters. The minimum atomic E-state index is -0.430. The fourth-order valence-corrected chi connectivity index (χ4v) is 2.13. The van der Waals surface area contributed by atoms with Crippen LogP contribution < -0.4 is 15.2 Å². The lowest BCUT2D eigenvalue weighted by Gasteiger charge is -2.11. The van der Waals surface area contributed by atoms with Crippen LogP contribution in [0.2, 0.25) is 0 Å². The number of carbonyl (C=O) groups is 2. The van der Waals surface area contributed by atoms with Crippen molar-refractivity contribution in [1.82, 2.24) is 0 Å². The number of nitrogens with two attached hydrogens (primary N) is 1. The molecule has 0 saturated heterocycles. The van der Waals surface area contributed by atoms with Crippen molar-refractivity contribution >= 4 is 22.7 Å². The molecule has 0 amide bonds. The normalized spacial score (nSPS) is 10.4. The topological polar surface area (TPSA) is 78.6 Å². The first-order valence-corrected chi connectivity index (χ1v) is 6.63. The Balaban J connectivity index is 2.56. The van der Waals surface area contributed by atoms with E-state index in [4.69, 9.17) is 15.2 Å². The second-order valence-corrected chi connectivity index (χ2v) is 4.70. The van der Waals surface area contributed by atoms with E-state index in [0.717, 1.165) is 22.8 Å². The predicted molar refractivity (Wildman–Crippen MR) is 79.3 cm³/mol. The van der Waals surface area contributed by atoms with Gasteiger partial charge in [0.15, 0.2) is 0 Å². The quantitative estimate of drug-likeness (QED) is 0.689. The summed E-state index contributed by atoms with van der Waals surface area (Å²) in [6.07, 6.45) is 0.737. The summed E-state index contributed by atoms with van der Waals surface area (Å²) in [5, 5.41) is 1.61. The third-order valence-electron chi connectivity index (χ3n) is 2.90. The summed E-state index contributed by atoms with van der Waals surface area (Å²) in [7, 11) is 0. The van der Waals surface area contributed by atoms with Crippen LogP contribution in [-0.4, -0.2) is 18.5 Å². The van der Waals surface area contributed by atoms with Gasteiger partial charge in [0.1, 0.15) is 11.5 Å². The zero-order chi connectivity index (χ0) is 15.4. The second-order valence-electron chi connectivity index (χ2n) is 4.70. The molecule has 110 valence electrons. The van der Waals surface area contributed by atoms with Crippen molar-refractivity contribution in [2.24, 2.45) is 5.73 Å². The maximum absolute atomic E-state index is 11.3. The number of rotatable bonds is 4. The van der Waals surface area contributed by atoms with Crippen molar-refractivity contribution in [2.75, 3.05) is 6.54 Å². The molecule has 5 heteroatoms. The van der Waals surface area contributed by atoms with Gasteiger partial charge < -0.3 is 15.2 Å². The summed E-state index contributed by atoms with van der Waals surface area (Å²) in [6.45, 7) is 3.19. The van der Waals surface area contributed by atoms with E-state index < -0.39 is 11.9 Å². The van der Waals surface area contributed by atoms with Crippen molar-refractivity contribution in [3.63, 3.8) is 0 Å². The molecule has 0 aromatic heterocycles. The Morgan fingerprint density at radius 3 is 2.38 bits per heavy atom. The minimum Gasteiger partial charge on any atom is -0.427 e. The van der Waals surface area contributed by atoms with Gasteiger partial charge in [0.25, 0.3) is 0 Å². The summed E-state index contributed by atoms with van der Waals surface area (Å²) < 4.78 is 10.3. The molecule has 2 N–H and O–H groups in total. The summed E-state index contributed by atoms with van der Waals surface area (Å²) in [6, 6.07) is 9.04. The zero-order valence-corrected chi connectivity index (χ0v) is 12.0. The third-order valence-corrected chi connectivity index (χ3v) is 2.90. The molecule has 0 bridgehead atoms. The average Bonchev–Trinajstić information content (AvgIpc) is 2.38. The molecule has 0 heterocycles. The zero-order valence-electron chi connectivity index (χ0n) is 12.0. The summed E-state index contributed by atoms with van der Waals surface area (Å²) in [5.41, 5.74) is 6.61. The maximum atomic E-state index is 11.3. The lowest BCUT2D eigenvalue weighted by Crippen LogP contribution is -2.05. The van der Waals surface area contributed by atoms with Crippen LogP contribution in [0.15, 0.2) is 30.3 Å². The largest absolute Gasteiger partial charge is 0.427 e. The van der Waals surface area contributed by atoms with E-state index in [2.05, 4.69) is 0 Å². The summed E-state index contributed by atoms with van der Waals surface area (Å²) >= 11 is 0. The van der Waals surface area contributed by atoms with Gasteiger partial charge in [0, 0.05) is 25.3 Å². The van der Waals surface area contributed by atoms with Crippen LogP contribution in [0.3, 0.4) is 0 Å². The molecule has 0 radical (unpaired) electrons. The van der Waals surface area contributed by atoms with E-state index in [9.17, 15) is 9.59 Å². The van der Waals surface area contributed by atoms with Gasteiger partial charge in [-0.1, -0.05) is 12.1 Å². The van der Waals surface area contributed by atoms with Crippen LogP contribution in [0, 0.1) is 0 Å². The van der Waals surface area contributed by atoms with Crippen LogP contribution in [-0.2, 0) is 16.0 Å². The fourth-order valence-electron chi connectivity index (χ4n) is 2.13. The van der Waals surface area contributed by atoms with Crippen LogP contribution >= 0.6 is 0 Å². The molecule has 5 nitrogen and oxygen atoms in total. The number of hydrogen-bond acceptors (Lipinski definition) is 5. The minimum absolute atomic E-state index is 0.345. The van der Waals surface area contributed by atoms with Gasteiger partial charge in [0.2, 0.25) is 0 Å². The number of ether oxygens (including phenoxy) is 2. The first kappa shape index (κ1) is 15.0. The van der Waals surface area contributed by atoms with Crippen molar-refractivity contribution in [1.29, 1.82) is 0 Å². The Morgan fingerprint density at radius 2 is 1.76 bits per heavy atom. The van der Waals surface area contributed by atoms with Gasteiger partial charge in [-0.05, 0) is 36.0 Å². The molecule has 0 aliphatic carbocycles. The molecule has 2 rings (SSSR count). The Morgan fingerprint density at radius 1 is 1.05 bits per heavy atom. The van der Waals surface area contributed by atoms with E-state index in [1.54, 1.807) is 6.07 Å². The van der Waals surface area contributed by atoms with Crippen molar-refractivity contribution in [3.05, 3.63) is 35.9 Å². The van der Waals surface area contributed by atoms with Gasteiger partial charge >= 0.3 is 11.9 Å². The first-order chi connectivity index (χ1) is 9.99. The van der Waals surface area contributed by atoms with E-state index in [1.807, 2.05) is 18.2 Å². The highest BCUT2D eigenvalue weighted by atomic mass is 16.5. The van der Waals surface area contributed by atoms with Crippen molar-refractivity contribution in [3.8, 4) is 11.5 Å². The number of fused-ring (bicyclic) bond motifs is 1. The van der Waals surface area contributed by atoms with E-state index >= 15 is 0 Å². The van der Waals surface area contributed by atoms with E-state index in [0.29, 0.717) is 18.0 Å². The molecule has 0 atom stereocenters. The number of carbonyl (C=O) groups excluding carboxylic acids is 2. The maximum Gasteiger partial charge on any atom is 0.308 e. The first-order valence-electron chi connectivity index (χ1n) is 6.63.